The van der Waals surface area contributed by atoms with E-state index in [1.165, 1.54) is 11.2 Å². The zero-order valence-corrected chi connectivity index (χ0v) is 9.67. The van der Waals surface area contributed by atoms with Crippen molar-refractivity contribution in [3.05, 3.63) is 12.2 Å². The molecule has 1 unspecified atom stereocenters. The Bertz CT molecular complexity index is 378. The van der Waals surface area contributed by atoms with Crippen LogP contribution in [0.1, 0.15) is 19.2 Å². The van der Waals surface area contributed by atoms with Crippen molar-refractivity contribution in [3.8, 4) is 0 Å². The number of H-pyrrole nitrogens is 1. The van der Waals surface area contributed by atoms with Crippen LogP contribution in [0.15, 0.2) is 6.33 Å². The zero-order chi connectivity index (χ0) is 12.8. The first-order valence-electron chi connectivity index (χ1n) is 5.13. The Morgan fingerprint density at radius 2 is 2.35 bits per heavy atom. The number of carboxylic acids is 1. The summed E-state index contributed by atoms with van der Waals surface area (Å²) >= 11 is 0. The van der Waals surface area contributed by atoms with Crippen LogP contribution < -0.4 is 5.32 Å². The summed E-state index contributed by atoms with van der Waals surface area (Å²) in [5.74, 6) is -0.514. The molecule has 0 radical (unpaired) electrons. The number of carboxylic acid groups (broad SMARTS) is 1. The molecular formula is C9H15N5O3. The Labute approximate surface area is 98.0 Å². The topological polar surface area (TPSA) is 111 Å². The second-order valence-corrected chi connectivity index (χ2v) is 3.54. The molecule has 0 saturated heterocycles. The number of aromatic amines is 1. The van der Waals surface area contributed by atoms with Gasteiger partial charge < -0.3 is 15.3 Å². The van der Waals surface area contributed by atoms with Gasteiger partial charge in [-0.05, 0) is 6.42 Å². The number of rotatable bonds is 5. The van der Waals surface area contributed by atoms with E-state index in [1.807, 2.05) is 0 Å². The average molecular weight is 241 g/mol. The fourth-order valence-corrected chi connectivity index (χ4v) is 1.20. The quantitative estimate of drug-likeness (QED) is 0.661. The summed E-state index contributed by atoms with van der Waals surface area (Å²) in [6.07, 6.45) is 1.67. The first-order chi connectivity index (χ1) is 8.04. The van der Waals surface area contributed by atoms with E-state index in [1.54, 1.807) is 14.0 Å². The van der Waals surface area contributed by atoms with Crippen molar-refractivity contribution in [2.75, 3.05) is 7.05 Å². The van der Waals surface area contributed by atoms with Crippen LogP contribution in [0.5, 0.6) is 0 Å². The van der Waals surface area contributed by atoms with Crippen LogP contribution in [-0.4, -0.2) is 50.3 Å². The molecule has 3 N–H and O–H groups in total. The third kappa shape index (κ3) is 3.74. The van der Waals surface area contributed by atoms with Crippen LogP contribution in [0.2, 0.25) is 0 Å². The van der Waals surface area contributed by atoms with Gasteiger partial charge in [-0.1, -0.05) is 6.92 Å². The molecule has 0 aromatic carbocycles. The minimum atomic E-state index is -1.05. The first kappa shape index (κ1) is 12.9. The predicted octanol–water partition coefficient (Wildman–Crippen LogP) is -0.191. The Kier molecular flexibility index (Phi) is 4.44. The van der Waals surface area contributed by atoms with Gasteiger partial charge in [0, 0.05) is 7.05 Å². The lowest BCUT2D eigenvalue weighted by atomic mass is 10.2. The SMILES string of the molecule is CCC(NC(=O)N(C)Cc1ncn[nH]1)C(=O)O. The summed E-state index contributed by atoms with van der Waals surface area (Å²) in [5.41, 5.74) is 0. The van der Waals surface area contributed by atoms with Gasteiger partial charge in [-0.2, -0.15) is 5.10 Å². The lowest BCUT2D eigenvalue weighted by Crippen LogP contribution is -2.46. The van der Waals surface area contributed by atoms with Gasteiger partial charge in [-0.15, -0.1) is 0 Å². The summed E-state index contributed by atoms with van der Waals surface area (Å²) in [5, 5.41) is 17.5. The molecule has 1 heterocycles. The molecule has 2 amide bonds. The number of aromatic nitrogens is 3. The van der Waals surface area contributed by atoms with Crippen molar-refractivity contribution in [1.82, 2.24) is 25.4 Å². The number of carbonyl (C=O) groups is 2. The minimum absolute atomic E-state index is 0.238. The van der Waals surface area contributed by atoms with E-state index in [0.29, 0.717) is 12.2 Å². The lowest BCUT2D eigenvalue weighted by molar-refractivity contribution is -0.139. The van der Waals surface area contributed by atoms with Crippen molar-refractivity contribution in [2.24, 2.45) is 0 Å². The molecule has 8 nitrogen and oxygen atoms in total. The van der Waals surface area contributed by atoms with Crippen LogP contribution in [0, 0.1) is 0 Å². The van der Waals surface area contributed by atoms with E-state index in [0.717, 1.165) is 0 Å². The standard InChI is InChI=1S/C9H15N5O3/c1-3-6(8(15)16)12-9(17)14(2)4-7-10-5-11-13-7/h5-6H,3-4H2,1-2H3,(H,12,17)(H,15,16)(H,10,11,13). The Morgan fingerprint density at radius 1 is 1.65 bits per heavy atom. The summed E-state index contributed by atoms with van der Waals surface area (Å²) in [7, 11) is 1.55. The van der Waals surface area contributed by atoms with E-state index in [2.05, 4.69) is 20.5 Å². The van der Waals surface area contributed by atoms with Crippen molar-refractivity contribution in [3.63, 3.8) is 0 Å². The summed E-state index contributed by atoms with van der Waals surface area (Å²) in [6, 6.07) is -1.34. The van der Waals surface area contributed by atoms with Gasteiger partial charge in [0.25, 0.3) is 0 Å². The Morgan fingerprint density at radius 3 is 2.82 bits per heavy atom. The lowest BCUT2D eigenvalue weighted by Gasteiger charge is -2.19. The van der Waals surface area contributed by atoms with Crippen LogP contribution >= 0.6 is 0 Å². The highest BCUT2D eigenvalue weighted by Crippen LogP contribution is 1.97. The number of amides is 2. The van der Waals surface area contributed by atoms with Gasteiger partial charge >= 0.3 is 12.0 Å². The predicted molar refractivity (Wildman–Crippen MR) is 58.1 cm³/mol. The second-order valence-electron chi connectivity index (χ2n) is 3.54. The van der Waals surface area contributed by atoms with Crippen molar-refractivity contribution in [2.45, 2.75) is 25.9 Å². The number of aliphatic carboxylic acids is 1. The van der Waals surface area contributed by atoms with E-state index in [4.69, 9.17) is 5.11 Å². The monoisotopic (exact) mass is 241 g/mol. The zero-order valence-electron chi connectivity index (χ0n) is 9.67. The normalized spacial score (nSPS) is 11.9. The van der Waals surface area contributed by atoms with E-state index < -0.39 is 18.0 Å². The molecule has 94 valence electrons. The Balaban J connectivity index is 2.49. The van der Waals surface area contributed by atoms with Crippen LogP contribution in [0.25, 0.3) is 0 Å². The highest BCUT2D eigenvalue weighted by molar-refractivity contribution is 5.82. The molecule has 1 atom stereocenters. The fourth-order valence-electron chi connectivity index (χ4n) is 1.20. The summed E-state index contributed by atoms with van der Waals surface area (Å²) in [4.78, 5) is 27.6. The minimum Gasteiger partial charge on any atom is -0.480 e. The number of hydrogen-bond acceptors (Lipinski definition) is 4. The molecule has 0 bridgehead atoms. The highest BCUT2D eigenvalue weighted by Gasteiger charge is 2.20. The molecule has 1 aromatic heterocycles. The molecule has 0 aliphatic heterocycles. The molecule has 17 heavy (non-hydrogen) atoms. The van der Waals surface area contributed by atoms with Crippen molar-refractivity contribution in [1.29, 1.82) is 0 Å². The molecule has 1 aromatic rings. The molecule has 0 fully saturated rings. The van der Waals surface area contributed by atoms with Gasteiger partial charge in [0.2, 0.25) is 0 Å². The van der Waals surface area contributed by atoms with Crippen LogP contribution in [0.3, 0.4) is 0 Å². The largest absolute Gasteiger partial charge is 0.480 e. The number of nitrogens with zero attached hydrogens (tertiary/aromatic N) is 3. The van der Waals surface area contributed by atoms with E-state index in [-0.39, 0.29) is 6.54 Å². The summed E-state index contributed by atoms with van der Waals surface area (Å²) < 4.78 is 0. The molecule has 0 aliphatic carbocycles. The highest BCUT2D eigenvalue weighted by atomic mass is 16.4. The van der Waals surface area contributed by atoms with E-state index >= 15 is 0 Å². The Hall–Kier alpha value is -2.12. The number of nitrogens with one attached hydrogen (secondary N) is 2. The number of carbonyl (C=O) groups excluding carboxylic acids is 1. The maximum atomic E-state index is 11.6. The van der Waals surface area contributed by atoms with Crippen molar-refractivity contribution >= 4 is 12.0 Å². The van der Waals surface area contributed by atoms with Crippen LogP contribution in [-0.2, 0) is 11.3 Å². The molecule has 1 rings (SSSR count). The van der Waals surface area contributed by atoms with Gasteiger partial charge in [-0.25, -0.2) is 14.6 Å². The average Bonchev–Trinajstić information content (AvgIpc) is 2.77. The molecular weight excluding hydrogens is 226 g/mol. The molecule has 0 spiro atoms. The van der Waals surface area contributed by atoms with Gasteiger partial charge in [-0.3, -0.25) is 5.10 Å². The second kappa shape index (κ2) is 5.83. The smallest absolute Gasteiger partial charge is 0.326 e. The van der Waals surface area contributed by atoms with Crippen molar-refractivity contribution < 1.29 is 14.7 Å². The molecule has 0 saturated carbocycles. The third-order valence-electron chi connectivity index (χ3n) is 2.20. The van der Waals surface area contributed by atoms with Gasteiger partial charge in [0.05, 0.1) is 6.54 Å². The van der Waals surface area contributed by atoms with Gasteiger partial charge in [0.1, 0.15) is 18.2 Å². The first-order valence-corrected chi connectivity index (χ1v) is 5.13. The number of hydrogen-bond donors (Lipinski definition) is 3. The summed E-state index contributed by atoms with van der Waals surface area (Å²) in [6.45, 7) is 1.93. The maximum Gasteiger partial charge on any atom is 0.326 e. The van der Waals surface area contributed by atoms with Crippen LogP contribution in [0.4, 0.5) is 4.79 Å². The maximum absolute atomic E-state index is 11.6. The third-order valence-corrected chi connectivity index (χ3v) is 2.20. The van der Waals surface area contributed by atoms with E-state index in [9.17, 15) is 9.59 Å². The number of urea groups is 1. The molecule has 8 heteroatoms. The molecule has 0 aliphatic rings. The van der Waals surface area contributed by atoms with Gasteiger partial charge in [0.15, 0.2) is 0 Å². The fraction of sp³-hybridized carbons (Fsp3) is 0.556.